The molecule has 2 aromatic carbocycles. The smallest absolute Gasteiger partial charge is 0.0640 e. The largest absolute Gasteiger partial charge is 0.370 e. The molecule has 0 heterocycles. The van der Waals surface area contributed by atoms with Crippen molar-refractivity contribution in [3.8, 4) is 6.07 Å². The van der Waals surface area contributed by atoms with Gasteiger partial charge >= 0.3 is 0 Å². The number of anilines is 1. The SMILES string of the molecule is N#CCCN(CCCc1ccccc1)c1ccccc1. The van der Waals surface area contributed by atoms with E-state index in [9.17, 15) is 0 Å². The van der Waals surface area contributed by atoms with Crippen LogP contribution in [0.15, 0.2) is 60.7 Å². The van der Waals surface area contributed by atoms with E-state index in [1.165, 1.54) is 11.3 Å². The van der Waals surface area contributed by atoms with Crippen LogP contribution in [0.25, 0.3) is 0 Å². The summed E-state index contributed by atoms with van der Waals surface area (Å²) in [5.74, 6) is 0. The molecule has 0 saturated heterocycles. The molecule has 0 aromatic heterocycles. The van der Waals surface area contributed by atoms with Crippen LogP contribution in [0.5, 0.6) is 0 Å². The van der Waals surface area contributed by atoms with E-state index in [-0.39, 0.29) is 0 Å². The van der Waals surface area contributed by atoms with Gasteiger partial charge in [0.1, 0.15) is 0 Å². The Morgan fingerprint density at radius 3 is 2.15 bits per heavy atom. The monoisotopic (exact) mass is 264 g/mol. The molecule has 20 heavy (non-hydrogen) atoms. The van der Waals surface area contributed by atoms with Crippen LogP contribution in [0.1, 0.15) is 18.4 Å². The second kappa shape index (κ2) is 8.01. The van der Waals surface area contributed by atoms with Crippen molar-refractivity contribution < 1.29 is 0 Å². The molecule has 0 unspecified atom stereocenters. The second-order valence-corrected chi connectivity index (χ2v) is 4.82. The lowest BCUT2D eigenvalue weighted by molar-refractivity contribution is 0.730. The Morgan fingerprint density at radius 2 is 1.50 bits per heavy atom. The maximum absolute atomic E-state index is 8.79. The van der Waals surface area contributed by atoms with Crippen molar-refractivity contribution in [2.75, 3.05) is 18.0 Å². The molecule has 102 valence electrons. The Hall–Kier alpha value is -2.27. The van der Waals surface area contributed by atoms with Crippen LogP contribution >= 0.6 is 0 Å². The molecule has 0 saturated carbocycles. The molecule has 0 atom stereocenters. The predicted octanol–water partition coefficient (Wildman–Crippen LogP) is 4.04. The maximum Gasteiger partial charge on any atom is 0.0640 e. The first kappa shape index (κ1) is 14.1. The van der Waals surface area contributed by atoms with E-state index < -0.39 is 0 Å². The van der Waals surface area contributed by atoms with Gasteiger partial charge in [-0.1, -0.05) is 48.5 Å². The van der Waals surface area contributed by atoms with Crippen molar-refractivity contribution in [2.24, 2.45) is 0 Å². The summed E-state index contributed by atoms with van der Waals surface area (Å²) in [6, 6.07) is 23.1. The highest BCUT2D eigenvalue weighted by Gasteiger charge is 2.05. The summed E-state index contributed by atoms with van der Waals surface area (Å²) in [4.78, 5) is 2.30. The third-order valence-electron chi connectivity index (χ3n) is 3.35. The predicted molar refractivity (Wildman–Crippen MR) is 83.6 cm³/mol. The summed E-state index contributed by atoms with van der Waals surface area (Å²) >= 11 is 0. The average molecular weight is 264 g/mol. The zero-order valence-corrected chi connectivity index (χ0v) is 11.7. The molecule has 0 N–H and O–H groups in total. The number of nitrogens with zero attached hydrogens (tertiary/aromatic N) is 2. The summed E-state index contributed by atoms with van der Waals surface area (Å²) in [5, 5.41) is 8.79. The van der Waals surface area contributed by atoms with Gasteiger partial charge in [-0.25, -0.2) is 0 Å². The number of hydrogen-bond donors (Lipinski definition) is 0. The first-order chi connectivity index (χ1) is 9.90. The lowest BCUT2D eigenvalue weighted by Crippen LogP contribution is -2.25. The molecule has 0 fully saturated rings. The van der Waals surface area contributed by atoms with E-state index in [0.717, 1.165) is 25.9 Å². The number of hydrogen-bond acceptors (Lipinski definition) is 2. The van der Waals surface area contributed by atoms with E-state index >= 15 is 0 Å². The van der Waals surface area contributed by atoms with Gasteiger partial charge in [0.2, 0.25) is 0 Å². The van der Waals surface area contributed by atoms with Gasteiger partial charge < -0.3 is 4.90 Å². The van der Waals surface area contributed by atoms with Crippen LogP contribution in [-0.2, 0) is 6.42 Å². The van der Waals surface area contributed by atoms with Gasteiger partial charge in [-0.3, -0.25) is 0 Å². The topological polar surface area (TPSA) is 27.0 Å². The quantitative estimate of drug-likeness (QED) is 0.754. The molecular formula is C18H20N2. The van der Waals surface area contributed by atoms with E-state index in [2.05, 4.69) is 47.4 Å². The summed E-state index contributed by atoms with van der Waals surface area (Å²) in [6.45, 7) is 1.79. The van der Waals surface area contributed by atoms with Crippen molar-refractivity contribution >= 4 is 5.69 Å². The van der Waals surface area contributed by atoms with Crippen molar-refractivity contribution in [1.82, 2.24) is 0 Å². The van der Waals surface area contributed by atoms with Gasteiger partial charge in [0.15, 0.2) is 0 Å². The van der Waals surface area contributed by atoms with Gasteiger partial charge in [0.25, 0.3) is 0 Å². The standard InChI is InChI=1S/C18H20N2/c19-14-8-16-20(18-12-5-2-6-13-18)15-7-11-17-9-3-1-4-10-17/h1-6,9-10,12-13H,7-8,11,15-16H2. The molecular weight excluding hydrogens is 244 g/mol. The zero-order valence-electron chi connectivity index (χ0n) is 11.7. The molecule has 0 aliphatic rings. The third-order valence-corrected chi connectivity index (χ3v) is 3.35. The molecule has 2 nitrogen and oxygen atoms in total. The first-order valence-electron chi connectivity index (χ1n) is 7.11. The lowest BCUT2D eigenvalue weighted by Gasteiger charge is -2.23. The average Bonchev–Trinajstić information content (AvgIpc) is 2.52. The molecule has 2 aromatic rings. The van der Waals surface area contributed by atoms with Crippen molar-refractivity contribution in [3.63, 3.8) is 0 Å². The number of para-hydroxylation sites is 1. The summed E-state index contributed by atoms with van der Waals surface area (Å²) in [5.41, 5.74) is 2.58. The number of aryl methyl sites for hydroxylation is 1. The third kappa shape index (κ3) is 4.44. The highest BCUT2D eigenvalue weighted by atomic mass is 15.1. The molecule has 0 amide bonds. The minimum atomic E-state index is 0.570. The van der Waals surface area contributed by atoms with Crippen molar-refractivity contribution in [2.45, 2.75) is 19.3 Å². The zero-order chi connectivity index (χ0) is 14.0. The number of nitriles is 1. The molecule has 0 radical (unpaired) electrons. The molecule has 0 aliphatic carbocycles. The van der Waals surface area contributed by atoms with Gasteiger partial charge in [0.05, 0.1) is 12.5 Å². The Labute approximate surface area is 121 Å². The van der Waals surface area contributed by atoms with Gasteiger partial charge in [0, 0.05) is 18.8 Å². The van der Waals surface area contributed by atoms with Crippen LogP contribution in [0.2, 0.25) is 0 Å². The fourth-order valence-electron chi connectivity index (χ4n) is 2.31. The van der Waals surface area contributed by atoms with E-state index in [0.29, 0.717) is 6.42 Å². The van der Waals surface area contributed by atoms with Gasteiger partial charge in [-0.2, -0.15) is 5.26 Å². The Morgan fingerprint density at radius 1 is 0.850 bits per heavy atom. The summed E-state index contributed by atoms with van der Waals surface area (Å²) in [6.07, 6.45) is 2.75. The van der Waals surface area contributed by atoms with E-state index in [4.69, 9.17) is 5.26 Å². The van der Waals surface area contributed by atoms with E-state index in [1.54, 1.807) is 0 Å². The van der Waals surface area contributed by atoms with Crippen LogP contribution in [0.3, 0.4) is 0 Å². The fraction of sp³-hybridized carbons (Fsp3) is 0.278. The lowest BCUT2D eigenvalue weighted by atomic mass is 10.1. The first-order valence-corrected chi connectivity index (χ1v) is 7.11. The molecule has 2 heteroatoms. The molecule has 0 aliphatic heterocycles. The minimum absolute atomic E-state index is 0.570. The van der Waals surface area contributed by atoms with Crippen molar-refractivity contribution in [3.05, 3.63) is 66.2 Å². The summed E-state index contributed by atoms with van der Waals surface area (Å²) < 4.78 is 0. The van der Waals surface area contributed by atoms with Gasteiger partial charge in [-0.05, 0) is 30.5 Å². The highest BCUT2D eigenvalue weighted by molar-refractivity contribution is 5.45. The number of benzene rings is 2. The van der Waals surface area contributed by atoms with Gasteiger partial charge in [-0.15, -0.1) is 0 Å². The van der Waals surface area contributed by atoms with Crippen LogP contribution in [-0.4, -0.2) is 13.1 Å². The molecule has 0 spiro atoms. The normalized spacial score (nSPS) is 9.95. The maximum atomic E-state index is 8.79. The van der Waals surface area contributed by atoms with Crippen LogP contribution in [0, 0.1) is 11.3 Å². The number of rotatable bonds is 7. The van der Waals surface area contributed by atoms with Crippen LogP contribution in [0.4, 0.5) is 5.69 Å². The minimum Gasteiger partial charge on any atom is -0.370 e. The molecule has 2 rings (SSSR count). The van der Waals surface area contributed by atoms with Crippen molar-refractivity contribution in [1.29, 1.82) is 5.26 Å². The fourth-order valence-corrected chi connectivity index (χ4v) is 2.31. The highest BCUT2D eigenvalue weighted by Crippen LogP contribution is 2.14. The second-order valence-electron chi connectivity index (χ2n) is 4.82. The van der Waals surface area contributed by atoms with E-state index in [1.807, 2.05) is 24.3 Å². The Balaban J connectivity index is 1.90. The Bertz CT molecular complexity index is 528. The molecule has 0 bridgehead atoms. The summed E-state index contributed by atoms with van der Waals surface area (Å²) in [7, 11) is 0. The van der Waals surface area contributed by atoms with Crippen LogP contribution < -0.4 is 4.90 Å². The Kier molecular flexibility index (Phi) is 5.67.